The first kappa shape index (κ1) is 19.3. The van der Waals surface area contributed by atoms with E-state index in [-0.39, 0.29) is 23.7 Å². The van der Waals surface area contributed by atoms with Crippen molar-refractivity contribution in [1.82, 2.24) is 18.8 Å². The lowest BCUT2D eigenvalue weighted by atomic mass is 10.1. The number of aliphatic hydroxyl groups excluding tert-OH is 1. The quantitative estimate of drug-likeness (QED) is 0.766. The minimum atomic E-state index is -3.16. The molecule has 4 rings (SSSR count). The molecule has 2 aromatic rings. The molecule has 2 aliphatic rings. The fourth-order valence-electron chi connectivity index (χ4n) is 4.14. The van der Waals surface area contributed by atoms with Gasteiger partial charge in [-0.2, -0.15) is 4.98 Å². The van der Waals surface area contributed by atoms with Crippen molar-refractivity contribution in [3.63, 3.8) is 0 Å². The number of sulfonamides is 1. The summed E-state index contributed by atoms with van der Waals surface area (Å²) in [4.78, 5) is 21.5. The van der Waals surface area contributed by atoms with E-state index in [2.05, 4.69) is 15.3 Å². The third kappa shape index (κ3) is 3.89. The number of nitrogens with one attached hydrogen (secondary N) is 1. The van der Waals surface area contributed by atoms with Crippen LogP contribution in [0.4, 0.5) is 5.95 Å². The van der Waals surface area contributed by atoms with Gasteiger partial charge in [-0.05, 0) is 38.2 Å². The lowest BCUT2D eigenvalue weighted by Crippen LogP contribution is -2.42. The molecule has 152 valence electrons. The van der Waals surface area contributed by atoms with Crippen LogP contribution in [0.15, 0.2) is 23.1 Å². The van der Waals surface area contributed by atoms with E-state index in [1.54, 1.807) is 16.8 Å². The number of pyridine rings is 1. The molecule has 1 saturated carbocycles. The van der Waals surface area contributed by atoms with Gasteiger partial charge < -0.3 is 10.4 Å². The Bertz CT molecular complexity index is 1030. The van der Waals surface area contributed by atoms with Gasteiger partial charge in [0.2, 0.25) is 16.0 Å². The monoisotopic (exact) mass is 407 g/mol. The highest BCUT2D eigenvalue weighted by Crippen LogP contribution is 2.30. The van der Waals surface area contributed by atoms with Crippen molar-refractivity contribution in [2.75, 3.05) is 24.7 Å². The van der Waals surface area contributed by atoms with Gasteiger partial charge in [0, 0.05) is 42.8 Å². The van der Waals surface area contributed by atoms with E-state index in [0.717, 1.165) is 11.8 Å². The number of anilines is 1. The minimum Gasteiger partial charge on any atom is -0.393 e. The maximum Gasteiger partial charge on any atom is 0.252 e. The van der Waals surface area contributed by atoms with Crippen LogP contribution in [0, 0.1) is 0 Å². The van der Waals surface area contributed by atoms with Gasteiger partial charge in [-0.15, -0.1) is 0 Å². The highest BCUT2D eigenvalue weighted by atomic mass is 32.2. The molecular formula is C18H25N5O4S. The molecule has 3 heterocycles. The highest BCUT2D eigenvalue weighted by Gasteiger charge is 2.27. The molecule has 0 unspecified atom stereocenters. The van der Waals surface area contributed by atoms with Gasteiger partial charge in [0.05, 0.1) is 12.4 Å². The van der Waals surface area contributed by atoms with Crippen LogP contribution in [0.1, 0.15) is 38.1 Å². The second kappa shape index (κ2) is 7.41. The number of aromatic nitrogens is 3. The Kier molecular flexibility index (Phi) is 5.11. The minimum absolute atomic E-state index is 0.0630. The Morgan fingerprint density at radius 1 is 1.18 bits per heavy atom. The molecule has 2 atom stereocenters. The molecule has 28 heavy (non-hydrogen) atoms. The molecule has 1 aliphatic carbocycles. The summed E-state index contributed by atoms with van der Waals surface area (Å²) in [5, 5.41) is 13.9. The number of hydrogen-bond acceptors (Lipinski definition) is 7. The van der Waals surface area contributed by atoms with Gasteiger partial charge in [0.1, 0.15) is 5.65 Å². The maximum absolute atomic E-state index is 12.5. The molecule has 2 fully saturated rings. The number of nitrogens with zero attached hydrogens (tertiary/aromatic N) is 4. The van der Waals surface area contributed by atoms with Gasteiger partial charge >= 0.3 is 0 Å². The molecule has 2 aromatic heterocycles. The smallest absolute Gasteiger partial charge is 0.252 e. The first-order chi connectivity index (χ1) is 13.3. The molecule has 0 amide bonds. The Hall–Kier alpha value is -2.04. The van der Waals surface area contributed by atoms with E-state index in [4.69, 9.17) is 0 Å². The van der Waals surface area contributed by atoms with E-state index < -0.39 is 10.0 Å². The Morgan fingerprint density at radius 3 is 2.57 bits per heavy atom. The fraction of sp³-hybridized carbons (Fsp3) is 0.611. The van der Waals surface area contributed by atoms with E-state index in [1.807, 2.05) is 0 Å². The average molecular weight is 407 g/mol. The number of rotatable bonds is 4. The topological polar surface area (TPSA) is 117 Å². The summed E-state index contributed by atoms with van der Waals surface area (Å²) in [5.41, 5.74) is 0.440. The van der Waals surface area contributed by atoms with Crippen molar-refractivity contribution in [2.24, 2.45) is 0 Å². The van der Waals surface area contributed by atoms with Gasteiger partial charge in [0.15, 0.2) is 0 Å². The molecule has 2 N–H and O–H groups in total. The molecule has 0 bridgehead atoms. The molecule has 10 heteroatoms. The van der Waals surface area contributed by atoms with Gasteiger partial charge in [0.25, 0.3) is 5.56 Å². The van der Waals surface area contributed by atoms with Crippen molar-refractivity contribution in [2.45, 2.75) is 50.3 Å². The van der Waals surface area contributed by atoms with Crippen LogP contribution in [0.2, 0.25) is 0 Å². The summed E-state index contributed by atoms with van der Waals surface area (Å²) in [6.45, 7) is 0.934. The predicted molar refractivity (Wildman–Crippen MR) is 106 cm³/mol. The van der Waals surface area contributed by atoms with Crippen molar-refractivity contribution in [1.29, 1.82) is 0 Å². The Balaban J connectivity index is 1.57. The van der Waals surface area contributed by atoms with Gasteiger partial charge in [-0.1, -0.05) is 0 Å². The van der Waals surface area contributed by atoms with E-state index in [1.165, 1.54) is 16.6 Å². The van der Waals surface area contributed by atoms with Crippen LogP contribution in [-0.2, 0) is 10.0 Å². The Labute approximate surface area is 163 Å². The number of hydrogen-bond donors (Lipinski definition) is 2. The van der Waals surface area contributed by atoms with Crippen LogP contribution in [0.5, 0.6) is 0 Å². The SMILES string of the molecule is CS(=O)(=O)N1CCC(Nc2ncc3ccc(=O)n([C@H]4CC[C@H](O)C4)c3n2)CC1. The summed E-state index contributed by atoms with van der Waals surface area (Å²) in [6.07, 6.45) is 5.86. The van der Waals surface area contributed by atoms with Crippen LogP contribution in [0.25, 0.3) is 11.0 Å². The lowest BCUT2D eigenvalue weighted by molar-refractivity contribution is 0.178. The third-order valence-corrected chi connectivity index (χ3v) is 6.97. The summed E-state index contributed by atoms with van der Waals surface area (Å²) >= 11 is 0. The van der Waals surface area contributed by atoms with Crippen LogP contribution in [0.3, 0.4) is 0 Å². The third-order valence-electron chi connectivity index (χ3n) is 5.67. The average Bonchev–Trinajstić information content (AvgIpc) is 3.07. The molecule has 0 radical (unpaired) electrons. The second-order valence-electron chi connectivity index (χ2n) is 7.72. The second-order valence-corrected chi connectivity index (χ2v) is 9.70. The van der Waals surface area contributed by atoms with Crippen LogP contribution >= 0.6 is 0 Å². The fourth-order valence-corrected chi connectivity index (χ4v) is 5.02. The van der Waals surface area contributed by atoms with Crippen molar-refractivity contribution >= 4 is 27.0 Å². The van der Waals surface area contributed by atoms with Crippen molar-refractivity contribution in [3.05, 3.63) is 28.7 Å². The zero-order chi connectivity index (χ0) is 19.9. The molecule has 1 aliphatic heterocycles. The predicted octanol–water partition coefficient (Wildman–Crippen LogP) is 0.713. The number of piperidine rings is 1. The normalized spacial score (nSPS) is 24.6. The largest absolute Gasteiger partial charge is 0.393 e. The summed E-state index contributed by atoms with van der Waals surface area (Å²) < 4.78 is 26.4. The molecule has 1 saturated heterocycles. The Morgan fingerprint density at radius 2 is 1.93 bits per heavy atom. The van der Waals surface area contributed by atoms with E-state index in [0.29, 0.717) is 50.4 Å². The number of aliphatic hydroxyl groups is 1. The van der Waals surface area contributed by atoms with E-state index in [9.17, 15) is 18.3 Å². The summed E-state index contributed by atoms with van der Waals surface area (Å²) in [7, 11) is -3.16. The van der Waals surface area contributed by atoms with Crippen LogP contribution < -0.4 is 10.9 Å². The number of fused-ring (bicyclic) bond motifs is 1. The molecule has 0 spiro atoms. The summed E-state index contributed by atoms with van der Waals surface area (Å²) in [6, 6.07) is 3.25. The summed E-state index contributed by atoms with van der Waals surface area (Å²) in [5.74, 6) is 0.434. The highest BCUT2D eigenvalue weighted by molar-refractivity contribution is 7.88. The van der Waals surface area contributed by atoms with Gasteiger partial charge in [-0.3, -0.25) is 9.36 Å². The molecule has 0 aromatic carbocycles. The van der Waals surface area contributed by atoms with Crippen molar-refractivity contribution < 1.29 is 13.5 Å². The molecule has 9 nitrogen and oxygen atoms in total. The standard InChI is InChI=1S/C18H25N5O4S/c1-28(26,27)22-8-6-13(7-9-22)20-18-19-11-12-2-5-16(25)23(17(12)21-18)14-3-4-15(24)10-14/h2,5,11,13-15,24H,3-4,6-10H2,1H3,(H,19,20,21)/t14-,15-/m0/s1. The lowest BCUT2D eigenvalue weighted by Gasteiger charge is -2.30. The van der Waals surface area contributed by atoms with E-state index >= 15 is 0 Å². The van der Waals surface area contributed by atoms with Crippen LogP contribution in [-0.4, -0.2) is 63.9 Å². The van der Waals surface area contributed by atoms with Crippen molar-refractivity contribution in [3.8, 4) is 0 Å². The zero-order valence-corrected chi connectivity index (χ0v) is 16.6. The first-order valence-electron chi connectivity index (χ1n) is 9.59. The maximum atomic E-state index is 12.5. The molecular weight excluding hydrogens is 382 g/mol. The van der Waals surface area contributed by atoms with Gasteiger partial charge in [-0.25, -0.2) is 17.7 Å². The first-order valence-corrected chi connectivity index (χ1v) is 11.4. The zero-order valence-electron chi connectivity index (χ0n) is 15.8.